The van der Waals surface area contributed by atoms with Gasteiger partial charge in [0.25, 0.3) is 6.47 Å². The molecule has 0 aliphatic heterocycles. The Morgan fingerprint density at radius 3 is 2.54 bits per heavy atom. The number of hydrogen-bond donors (Lipinski definition) is 1. The Kier molecular flexibility index (Phi) is 6.34. The Morgan fingerprint density at radius 2 is 1.96 bits per heavy atom. The number of benzene rings is 1. The maximum absolute atomic E-state index is 12.3. The van der Waals surface area contributed by atoms with Crippen LogP contribution in [0.1, 0.15) is 0 Å². The molecule has 128 valence electrons. The summed E-state index contributed by atoms with van der Waals surface area (Å²) in [6.07, 6.45) is -1.35. The summed E-state index contributed by atoms with van der Waals surface area (Å²) in [5.74, 6) is 0. The molecule has 0 aliphatic rings. The van der Waals surface area contributed by atoms with Gasteiger partial charge in [-0.15, -0.1) is 11.3 Å². The molecule has 5 nitrogen and oxygen atoms in total. The molecule has 0 saturated heterocycles. The van der Waals surface area contributed by atoms with Crippen LogP contribution in [-0.4, -0.2) is 34.5 Å². The summed E-state index contributed by atoms with van der Waals surface area (Å²) in [4.78, 5) is 23.8. The normalized spacial score (nSPS) is 12.3. The van der Waals surface area contributed by atoms with Crippen LogP contribution in [0.2, 0.25) is 0 Å². The van der Waals surface area contributed by atoms with Crippen molar-refractivity contribution in [1.29, 1.82) is 0 Å². The Hall–Kier alpha value is -1.47. The van der Waals surface area contributed by atoms with Gasteiger partial charge >= 0.3 is 6.03 Å². The number of nitrogens with zero attached hydrogens (tertiary/aromatic N) is 1. The lowest BCUT2D eigenvalue weighted by Crippen LogP contribution is -2.48. The Bertz CT molecular complexity index is 703. The van der Waals surface area contributed by atoms with E-state index in [2.05, 4.69) is 5.32 Å². The van der Waals surface area contributed by atoms with Crippen molar-refractivity contribution >= 4 is 63.6 Å². The molecule has 1 aromatic heterocycles. The summed E-state index contributed by atoms with van der Waals surface area (Å²) in [5, 5.41) is 5.20. The van der Waals surface area contributed by atoms with Crippen LogP contribution >= 0.6 is 46.1 Å². The van der Waals surface area contributed by atoms with Crippen LogP contribution in [0.15, 0.2) is 41.8 Å². The fourth-order valence-corrected chi connectivity index (χ4v) is 3.32. The average Bonchev–Trinajstić information content (AvgIpc) is 3.00. The first-order valence-corrected chi connectivity index (χ1v) is 8.68. The van der Waals surface area contributed by atoms with E-state index in [-0.39, 0.29) is 6.47 Å². The molecule has 0 fully saturated rings. The van der Waals surface area contributed by atoms with Crippen molar-refractivity contribution in [1.82, 2.24) is 4.90 Å². The molecule has 2 rings (SSSR count). The van der Waals surface area contributed by atoms with Crippen molar-refractivity contribution in [3.63, 3.8) is 0 Å². The first kappa shape index (κ1) is 18.9. The van der Waals surface area contributed by atoms with E-state index in [0.29, 0.717) is 5.00 Å². The lowest BCUT2D eigenvalue weighted by Gasteiger charge is -2.30. The molecule has 1 heterocycles. The second kappa shape index (κ2) is 8.07. The smallest absolute Gasteiger partial charge is 0.325 e. The van der Waals surface area contributed by atoms with Crippen molar-refractivity contribution in [3.05, 3.63) is 41.8 Å². The second-order valence-corrected chi connectivity index (χ2v) is 8.01. The highest BCUT2D eigenvalue weighted by Crippen LogP contribution is 2.34. The van der Waals surface area contributed by atoms with Gasteiger partial charge in [0.15, 0.2) is 0 Å². The summed E-state index contributed by atoms with van der Waals surface area (Å²) in [7, 11) is 1.36. The third-order valence-corrected chi connectivity index (χ3v) is 4.48. The molecule has 1 atom stereocenters. The van der Waals surface area contributed by atoms with Gasteiger partial charge in [0.1, 0.15) is 0 Å². The molecule has 1 aromatic carbocycles. The minimum Gasteiger partial charge on any atom is -0.439 e. The first-order chi connectivity index (χ1) is 11.3. The van der Waals surface area contributed by atoms with Gasteiger partial charge < -0.3 is 4.74 Å². The molecule has 0 radical (unpaired) electrons. The van der Waals surface area contributed by atoms with Crippen LogP contribution in [0.3, 0.4) is 0 Å². The lowest BCUT2D eigenvalue weighted by molar-refractivity contribution is -0.139. The molecule has 0 saturated carbocycles. The number of hydrogen-bond acceptors (Lipinski definition) is 4. The zero-order chi connectivity index (χ0) is 17.7. The molecule has 9 heteroatoms. The van der Waals surface area contributed by atoms with Crippen molar-refractivity contribution in [2.75, 3.05) is 12.4 Å². The van der Waals surface area contributed by atoms with Crippen LogP contribution in [0, 0.1) is 0 Å². The summed E-state index contributed by atoms with van der Waals surface area (Å²) in [6, 6.07) is 11.0. The van der Waals surface area contributed by atoms with Crippen molar-refractivity contribution in [2.45, 2.75) is 10.0 Å². The van der Waals surface area contributed by atoms with E-state index in [9.17, 15) is 9.59 Å². The van der Waals surface area contributed by atoms with Crippen molar-refractivity contribution in [2.24, 2.45) is 0 Å². The number of amides is 2. The van der Waals surface area contributed by atoms with Gasteiger partial charge in [0, 0.05) is 12.4 Å². The number of halogens is 3. The summed E-state index contributed by atoms with van der Waals surface area (Å²) in [6.45, 7) is 0.120. The molecule has 1 N–H and O–H groups in total. The molecule has 1 unspecified atom stereocenters. The number of carbonyl (C=O) groups is 2. The maximum atomic E-state index is 12.3. The number of rotatable bonds is 5. The third-order valence-electron chi connectivity index (χ3n) is 3.07. The Balaban J connectivity index is 2.09. The number of thiophene rings is 1. The highest BCUT2D eigenvalue weighted by atomic mass is 35.6. The van der Waals surface area contributed by atoms with Crippen molar-refractivity contribution in [3.8, 4) is 11.1 Å². The minimum absolute atomic E-state index is 0.120. The quantitative estimate of drug-likeness (QED) is 0.442. The van der Waals surface area contributed by atoms with E-state index in [0.717, 1.165) is 16.0 Å². The molecule has 2 amide bonds. The highest BCUT2D eigenvalue weighted by Gasteiger charge is 2.40. The summed E-state index contributed by atoms with van der Waals surface area (Å²) in [5.41, 5.74) is 2.01. The predicted octanol–water partition coefficient (Wildman–Crippen LogP) is 4.75. The van der Waals surface area contributed by atoms with Gasteiger partial charge in [0.05, 0.1) is 5.00 Å². The molecule has 0 bridgehead atoms. The van der Waals surface area contributed by atoms with Gasteiger partial charge in [-0.3, -0.25) is 15.0 Å². The fraction of sp³-hybridized carbons (Fsp3) is 0.200. The second-order valence-electron chi connectivity index (χ2n) is 4.73. The number of nitrogens with one attached hydrogen (secondary N) is 1. The number of urea groups is 1. The SMILES string of the molecule is CN(C(=O)Nc1cc(-c2ccccc2)cs1)C(OC=O)C(Cl)(Cl)Cl. The van der Waals surface area contributed by atoms with Crippen LogP contribution in [-0.2, 0) is 9.53 Å². The lowest BCUT2D eigenvalue weighted by atomic mass is 10.1. The monoisotopic (exact) mass is 406 g/mol. The number of ether oxygens (including phenoxy) is 1. The Labute approximate surface area is 158 Å². The predicted molar refractivity (Wildman–Crippen MR) is 97.8 cm³/mol. The van der Waals surface area contributed by atoms with Gasteiger partial charge in [-0.05, 0) is 17.2 Å². The molecular weight excluding hydrogens is 395 g/mol. The molecule has 2 aromatic rings. The van der Waals surface area contributed by atoms with E-state index in [4.69, 9.17) is 39.5 Å². The van der Waals surface area contributed by atoms with E-state index in [1.54, 1.807) is 0 Å². The van der Waals surface area contributed by atoms with Crippen LogP contribution in [0.25, 0.3) is 11.1 Å². The minimum atomic E-state index is -1.97. The third kappa shape index (κ3) is 4.77. The van der Waals surface area contributed by atoms with Crippen molar-refractivity contribution < 1.29 is 14.3 Å². The zero-order valence-corrected chi connectivity index (χ0v) is 15.5. The van der Waals surface area contributed by atoms with Gasteiger partial charge in [-0.1, -0.05) is 65.1 Å². The zero-order valence-electron chi connectivity index (χ0n) is 12.4. The average molecular weight is 408 g/mol. The number of anilines is 1. The van der Waals surface area contributed by atoms with E-state index < -0.39 is 16.1 Å². The summed E-state index contributed by atoms with van der Waals surface area (Å²) >= 11 is 18.6. The topological polar surface area (TPSA) is 58.6 Å². The molecule has 0 spiro atoms. The Morgan fingerprint density at radius 1 is 1.29 bits per heavy atom. The van der Waals surface area contributed by atoms with Gasteiger partial charge in [-0.25, -0.2) is 4.79 Å². The molecular formula is C15H13Cl3N2O3S. The number of alkyl halides is 3. The summed E-state index contributed by atoms with van der Waals surface area (Å²) < 4.78 is 2.72. The first-order valence-electron chi connectivity index (χ1n) is 6.66. The van der Waals surface area contributed by atoms with Crippen LogP contribution in [0.4, 0.5) is 9.80 Å². The number of carbonyl (C=O) groups excluding carboxylic acids is 2. The van der Waals surface area contributed by atoms with E-state index in [1.807, 2.05) is 41.8 Å². The standard InChI is InChI=1S/C15H13Cl3N2O3S/c1-20(13(23-9-21)15(16,17)18)14(22)19-12-7-11(8-24-12)10-5-3-2-4-6-10/h2-9,13H,1H3,(H,19,22). The highest BCUT2D eigenvalue weighted by molar-refractivity contribution is 7.14. The van der Waals surface area contributed by atoms with Gasteiger partial charge in [0.2, 0.25) is 10.0 Å². The van der Waals surface area contributed by atoms with Gasteiger partial charge in [-0.2, -0.15) is 0 Å². The maximum Gasteiger partial charge on any atom is 0.325 e. The largest absolute Gasteiger partial charge is 0.439 e. The fourth-order valence-electron chi connectivity index (χ4n) is 1.92. The molecule has 0 aliphatic carbocycles. The van der Waals surface area contributed by atoms with Crippen LogP contribution in [0.5, 0.6) is 0 Å². The van der Waals surface area contributed by atoms with Crippen LogP contribution < -0.4 is 5.32 Å². The van der Waals surface area contributed by atoms with E-state index in [1.165, 1.54) is 18.4 Å². The molecule has 24 heavy (non-hydrogen) atoms. The van der Waals surface area contributed by atoms with E-state index >= 15 is 0 Å².